The molecular formula is C21H30N2O. The number of nitrogens with zero attached hydrogens (tertiary/aromatic N) is 1. The van der Waals surface area contributed by atoms with E-state index in [0.29, 0.717) is 10.8 Å². The summed E-state index contributed by atoms with van der Waals surface area (Å²) in [5, 5.41) is 18.0. The Bertz CT molecular complexity index is 719. The number of hydrogen-bond donors (Lipinski definition) is 2. The predicted octanol–water partition coefficient (Wildman–Crippen LogP) is 4.06. The number of rotatable bonds is 0. The molecule has 0 unspecified atom stereocenters. The molecule has 0 radical (unpaired) electrons. The monoisotopic (exact) mass is 326 g/mol. The molecule has 0 aromatic carbocycles. The largest absolute Gasteiger partial charge is 0.393 e. The fourth-order valence-electron chi connectivity index (χ4n) is 7.24. The van der Waals surface area contributed by atoms with Crippen molar-refractivity contribution in [3.8, 4) is 0 Å². The number of aliphatic hydroxyl groups is 1. The summed E-state index contributed by atoms with van der Waals surface area (Å²) in [6.45, 7) is 7.21. The van der Waals surface area contributed by atoms with E-state index in [2.05, 4.69) is 37.0 Å². The lowest BCUT2D eigenvalue weighted by molar-refractivity contribution is -0.0166. The Morgan fingerprint density at radius 2 is 1.92 bits per heavy atom. The average molecular weight is 326 g/mol. The molecule has 24 heavy (non-hydrogen) atoms. The fourth-order valence-corrected chi connectivity index (χ4v) is 7.24. The highest BCUT2D eigenvalue weighted by atomic mass is 16.3. The summed E-state index contributed by atoms with van der Waals surface area (Å²) < 4.78 is 0. The Labute approximate surface area is 144 Å². The minimum Gasteiger partial charge on any atom is -0.393 e. The van der Waals surface area contributed by atoms with Crippen molar-refractivity contribution in [3.05, 3.63) is 28.6 Å². The minimum atomic E-state index is -0.103. The van der Waals surface area contributed by atoms with E-state index in [9.17, 15) is 5.11 Å². The molecule has 1 heterocycles. The van der Waals surface area contributed by atoms with Crippen LogP contribution in [0.15, 0.2) is 11.6 Å². The van der Waals surface area contributed by atoms with E-state index in [4.69, 9.17) is 0 Å². The summed E-state index contributed by atoms with van der Waals surface area (Å²) in [6.07, 6.45) is 10.5. The van der Waals surface area contributed by atoms with E-state index in [1.165, 1.54) is 43.5 Å². The highest BCUT2D eigenvalue weighted by molar-refractivity contribution is 5.41. The minimum absolute atomic E-state index is 0.103. The number of aliphatic hydroxyl groups excluding tert-OH is 1. The first-order valence-electron chi connectivity index (χ1n) is 9.85. The highest BCUT2D eigenvalue weighted by Crippen LogP contribution is 2.64. The summed E-state index contributed by atoms with van der Waals surface area (Å²) >= 11 is 0. The van der Waals surface area contributed by atoms with Crippen molar-refractivity contribution in [1.82, 2.24) is 10.2 Å². The van der Waals surface area contributed by atoms with Crippen molar-refractivity contribution in [2.75, 3.05) is 0 Å². The Morgan fingerprint density at radius 3 is 2.75 bits per heavy atom. The first-order chi connectivity index (χ1) is 11.4. The Hall–Kier alpha value is -1.09. The summed E-state index contributed by atoms with van der Waals surface area (Å²) in [7, 11) is 0. The number of nitrogens with one attached hydrogen (secondary N) is 1. The molecule has 1 aromatic rings. The maximum atomic E-state index is 10.1. The van der Waals surface area contributed by atoms with Crippen molar-refractivity contribution in [2.45, 2.75) is 77.2 Å². The maximum absolute atomic E-state index is 10.1. The average Bonchev–Trinajstić information content (AvgIpc) is 3.06. The molecule has 5 rings (SSSR count). The van der Waals surface area contributed by atoms with Gasteiger partial charge in [-0.05, 0) is 80.5 Å². The number of H-pyrrole nitrogens is 1. The number of fused-ring (bicyclic) bond motifs is 7. The van der Waals surface area contributed by atoms with Gasteiger partial charge in [0.2, 0.25) is 0 Å². The van der Waals surface area contributed by atoms with Crippen LogP contribution in [0.1, 0.15) is 69.3 Å². The molecular weight excluding hydrogens is 296 g/mol. The Balaban J connectivity index is 1.54. The topological polar surface area (TPSA) is 48.9 Å². The summed E-state index contributed by atoms with van der Waals surface area (Å²) in [5.41, 5.74) is 6.42. The lowest BCUT2D eigenvalue weighted by atomic mass is 9.47. The van der Waals surface area contributed by atoms with Crippen molar-refractivity contribution in [1.29, 1.82) is 0 Å². The van der Waals surface area contributed by atoms with Gasteiger partial charge in [-0.2, -0.15) is 5.10 Å². The fraction of sp³-hybridized carbons (Fsp3) is 0.762. The van der Waals surface area contributed by atoms with Crippen LogP contribution in [0.25, 0.3) is 0 Å². The zero-order valence-corrected chi connectivity index (χ0v) is 15.2. The summed E-state index contributed by atoms with van der Waals surface area (Å²) in [4.78, 5) is 0. The van der Waals surface area contributed by atoms with Gasteiger partial charge in [0, 0.05) is 11.3 Å². The van der Waals surface area contributed by atoms with Crippen LogP contribution in [0.4, 0.5) is 0 Å². The molecule has 0 bridgehead atoms. The van der Waals surface area contributed by atoms with Crippen LogP contribution in [0.3, 0.4) is 0 Å². The molecule has 0 aliphatic heterocycles. The Morgan fingerprint density at radius 1 is 1.12 bits per heavy atom. The normalized spacial score (nSPS) is 46.6. The van der Waals surface area contributed by atoms with Crippen molar-refractivity contribution < 1.29 is 5.11 Å². The lowest BCUT2D eigenvalue weighted by Crippen LogP contribution is -2.51. The molecule has 0 saturated heterocycles. The van der Waals surface area contributed by atoms with Crippen LogP contribution in [0.2, 0.25) is 0 Å². The van der Waals surface area contributed by atoms with Gasteiger partial charge >= 0.3 is 0 Å². The van der Waals surface area contributed by atoms with Crippen LogP contribution >= 0.6 is 0 Å². The van der Waals surface area contributed by atoms with E-state index < -0.39 is 0 Å². The molecule has 4 aliphatic rings. The third-order valence-corrected chi connectivity index (χ3v) is 8.47. The van der Waals surface area contributed by atoms with Gasteiger partial charge in [0.25, 0.3) is 0 Å². The first-order valence-corrected chi connectivity index (χ1v) is 9.85. The van der Waals surface area contributed by atoms with E-state index in [-0.39, 0.29) is 6.10 Å². The van der Waals surface area contributed by atoms with Gasteiger partial charge in [0.05, 0.1) is 11.8 Å². The molecule has 2 N–H and O–H groups in total. The standard InChI is InChI=1S/C21H30N2O/c1-12-19-18(23-22-12)11-17-15-5-4-13-10-14(24)6-8-20(13,2)16(15)7-9-21(17,19)3/h4,14-17,24H,5-11H2,1-3H3,(H,22,23)/t14-,15-,16+,17+,20-,21-/m0/s1. The van der Waals surface area contributed by atoms with Gasteiger partial charge < -0.3 is 5.11 Å². The van der Waals surface area contributed by atoms with Gasteiger partial charge in [0.1, 0.15) is 0 Å². The summed E-state index contributed by atoms with van der Waals surface area (Å²) in [5.74, 6) is 2.35. The predicted molar refractivity (Wildman–Crippen MR) is 94.7 cm³/mol. The maximum Gasteiger partial charge on any atom is 0.0665 e. The van der Waals surface area contributed by atoms with Gasteiger partial charge in [-0.3, -0.25) is 5.10 Å². The number of aryl methyl sites for hydroxylation is 1. The summed E-state index contributed by atoms with van der Waals surface area (Å²) in [6, 6.07) is 0. The molecule has 3 heteroatoms. The number of aromatic amines is 1. The molecule has 6 atom stereocenters. The first kappa shape index (κ1) is 15.2. The lowest BCUT2D eigenvalue weighted by Gasteiger charge is -2.57. The Kier molecular flexibility index (Phi) is 3.01. The van der Waals surface area contributed by atoms with E-state index in [1.807, 2.05) is 0 Å². The highest BCUT2D eigenvalue weighted by Gasteiger charge is 2.58. The van der Waals surface area contributed by atoms with E-state index in [1.54, 1.807) is 11.1 Å². The van der Waals surface area contributed by atoms with Gasteiger partial charge in [-0.15, -0.1) is 0 Å². The SMILES string of the molecule is Cc1[nH]nc2c1[C@@]1(C)CC[C@@H]3[C@H](CC=C4C[C@@H](O)CC[C@@]43C)[C@H]1C2. The molecule has 130 valence electrons. The molecule has 2 fully saturated rings. The van der Waals surface area contributed by atoms with Crippen molar-refractivity contribution >= 4 is 0 Å². The number of hydrogen-bond acceptors (Lipinski definition) is 2. The van der Waals surface area contributed by atoms with E-state index in [0.717, 1.165) is 30.6 Å². The molecule has 0 spiro atoms. The molecule has 2 saturated carbocycles. The van der Waals surface area contributed by atoms with Crippen LogP contribution in [-0.2, 0) is 11.8 Å². The quantitative estimate of drug-likeness (QED) is 0.707. The second-order valence-corrected chi connectivity index (χ2v) is 9.49. The van der Waals surface area contributed by atoms with Crippen molar-refractivity contribution in [2.24, 2.45) is 23.2 Å². The van der Waals surface area contributed by atoms with Crippen LogP contribution < -0.4 is 0 Å². The molecule has 3 nitrogen and oxygen atoms in total. The second-order valence-electron chi connectivity index (χ2n) is 9.49. The third kappa shape index (κ3) is 1.75. The molecule has 0 amide bonds. The zero-order chi connectivity index (χ0) is 16.7. The van der Waals surface area contributed by atoms with Crippen LogP contribution in [-0.4, -0.2) is 21.4 Å². The van der Waals surface area contributed by atoms with E-state index >= 15 is 0 Å². The molecule has 4 aliphatic carbocycles. The van der Waals surface area contributed by atoms with Gasteiger partial charge in [-0.1, -0.05) is 25.5 Å². The van der Waals surface area contributed by atoms with Crippen LogP contribution in [0.5, 0.6) is 0 Å². The van der Waals surface area contributed by atoms with Crippen molar-refractivity contribution in [3.63, 3.8) is 0 Å². The zero-order valence-electron chi connectivity index (χ0n) is 15.2. The van der Waals surface area contributed by atoms with Crippen LogP contribution in [0, 0.1) is 30.1 Å². The van der Waals surface area contributed by atoms with Gasteiger partial charge in [-0.25, -0.2) is 0 Å². The number of aromatic nitrogens is 2. The smallest absolute Gasteiger partial charge is 0.0665 e. The second kappa shape index (κ2) is 4.75. The third-order valence-electron chi connectivity index (χ3n) is 8.47. The number of allylic oxidation sites excluding steroid dienone is 1. The molecule has 1 aromatic heterocycles. The van der Waals surface area contributed by atoms with Gasteiger partial charge in [0.15, 0.2) is 0 Å².